The monoisotopic (exact) mass is 247 g/mol. The van der Waals surface area contributed by atoms with Crippen molar-refractivity contribution in [1.29, 1.82) is 0 Å². The summed E-state index contributed by atoms with van der Waals surface area (Å²) in [4.78, 5) is 4.27. The van der Waals surface area contributed by atoms with E-state index in [1.807, 2.05) is 18.2 Å². The molecular formula is C14H21NOSi. The second-order valence-corrected chi connectivity index (χ2v) is 10.4. The zero-order chi connectivity index (χ0) is 13.1. The molecule has 1 atom stereocenters. The molecule has 1 unspecified atom stereocenters. The third-order valence-electron chi connectivity index (χ3n) is 3.33. The van der Waals surface area contributed by atoms with Gasteiger partial charge in [0.25, 0.3) is 0 Å². The van der Waals surface area contributed by atoms with E-state index in [1.54, 1.807) is 6.20 Å². The van der Waals surface area contributed by atoms with Gasteiger partial charge in [-0.2, -0.15) is 0 Å². The highest BCUT2D eigenvalue weighted by Gasteiger charge is 2.39. The molecule has 0 fully saturated rings. The van der Waals surface area contributed by atoms with E-state index < -0.39 is 8.32 Å². The molecule has 2 nitrogen and oxygen atoms in total. The first-order chi connectivity index (χ1) is 7.78. The van der Waals surface area contributed by atoms with Gasteiger partial charge in [0.1, 0.15) is 6.10 Å². The largest absolute Gasteiger partial charge is 0.398 e. The Balaban J connectivity index is 2.90. The van der Waals surface area contributed by atoms with Crippen LogP contribution in [-0.4, -0.2) is 13.3 Å². The van der Waals surface area contributed by atoms with Gasteiger partial charge in [0, 0.05) is 6.20 Å². The van der Waals surface area contributed by atoms with Crippen LogP contribution in [-0.2, 0) is 4.43 Å². The van der Waals surface area contributed by atoms with E-state index in [4.69, 9.17) is 10.8 Å². The van der Waals surface area contributed by atoms with Gasteiger partial charge in [-0.15, -0.1) is 6.42 Å². The van der Waals surface area contributed by atoms with Crippen molar-refractivity contribution in [2.45, 2.75) is 45.0 Å². The minimum absolute atomic E-state index is 0.150. The van der Waals surface area contributed by atoms with Crippen LogP contribution in [0.3, 0.4) is 0 Å². The van der Waals surface area contributed by atoms with Gasteiger partial charge in [-0.3, -0.25) is 4.98 Å². The summed E-state index contributed by atoms with van der Waals surface area (Å²) >= 11 is 0. The van der Waals surface area contributed by atoms with E-state index in [1.165, 1.54) is 0 Å². The van der Waals surface area contributed by atoms with Crippen LogP contribution < -0.4 is 0 Å². The topological polar surface area (TPSA) is 22.1 Å². The number of hydrogen-bond acceptors (Lipinski definition) is 2. The number of terminal acetylenes is 1. The molecule has 0 N–H and O–H groups in total. The van der Waals surface area contributed by atoms with Crippen LogP contribution in [0.5, 0.6) is 0 Å². The highest BCUT2D eigenvalue weighted by molar-refractivity contribution is 6.74. The van der Waals surface area contributed by atoms with Gasteiger partial charge in [0.2, 0.25) is 0 Å². The first-order valence-corrected chi connectivity index (χ1v) is 8.73. The summed E-state index contributed by atoms with van der Waals surface area (Å²) in [5.41, 5.74) is 0.819. The van der Waals surface area contributed by atoms with Crippen LogP contribution in [0.4, 0.5) is 0 Å². The maximum atomic E-state index is 6.18. The standard InChI is InChI=1S/C14H21NOSi/c1-7-13(12-10-8-9-11-15-12)16-17(5,6)14(2,3)4/h1,8-11,13H,2-6H3. The molecule has 0 aromatic carbocycles. The lowest BCUT2D eigenvalue weighted by Crippen LogP contribution is -2.41. The summed E-state index contributed by atoms with van der Waals surface area (Å²) < 4.78 is 6.18. The number of aromatic nitrogens is 1. The summed E-state index contributed by atoms with van der Waals surface area (Å²) in [6.07, 6.45) is 6.97. The molecular weight excluding hydrogens is 226 g/mol. The van der Waals surface area contributed by atoms with Crippen molar-refractivity contribution in [2.75, 3.05) is 0 Å². The van der Waals surface area contributed by atoms with Crippen molar-refractivity contribution in [3.63, 3.8) is 0 Å². The second-order valence-electron chi connectivity index (χ2n) is 5.68. The number of rotatable bonds is 3. The van der Waals surface area contributed by atoms with Crippen molar-refractivity contribution in [3.8, 4) is 12.3 Å². The molecule has 0 bridgehead atoms. The smallest absolute Gasteiger partial charge is 0.194 e. The maximum absolute atomic E-state index is 6.18. The van der Waals surface area contributed by atoms with Gasteiger partial charge in [0.05, 0.1) is 5.69 Å². The predicted molar refractivity (Wildman–Crippen MR) is 74.1 cm³/mol. The van der Waals surface area contributed by atoms with E-state index in [0.717, 1.165) is 5.69 Å². The van der Waals surface area contributed by atoms with E-state index >= 15 is 0 Å². The summed E-state index contributed by atoms with van der Waals surface area (Å²) in [5, 5.41) is 0.150. The van der Waals surface area contributed by atoms with Crippen LogP contribution in [0.15, 0.2) is 24.4 Å². The minimum atomic E-state index is -1.85. The maximum Gasteiger partial charge on any atom is 0.194 e. The fourth-order valence-electron chi connectivity index (χ4n) is 1.18. The summed E-state index contributed by atoms with van der Waals surface area (Å²) in [7, 11) is -1.85. The Hall–Kier alpha value is -1.11. The van der Waals surface area contributed by atoms with Crippen LogP contribution >= 0.6 is 0 Å². The molecule has 0 saturated heterocycles. The molecule has 3 heteroatoms. The first kappa shape index (κ1) is 13.9. The molecule has 0 amide bonds. The Morgan fingerprint density at radius 2 is 2.00 bits per heavy atom. The van der Waals surface area contributed by atoms with Crippen LogP contribution in [0.25, 0.3) is 0 Å². The molecule has 1 aromatic heterocycles. The number of pyridine rings is 1. The molecule has 0 radical (unpaired) electrons. The molecule has 92 valence electrons. The van der Waals surface area contributed by atoms with Gasteiger partial charge in [-0.05, 0) is 30.3 Å². The molecule has 1 aromatic rings. The molecule has 0 aliphatic rings. The summed E-state index contributed by atoms with van der Waals surface area (Å²) in [6.45, 7) is 11.0. The van der Waals surface area contributed by atoms with Crippen molar-refractivity contribution < 1.29 is 4.43 Å². The highest BCUT2D eigenvalue weighted by atomic mass is 28.4. The average Bonchev–Trinajstić information content (AvgIpc) is 2.25. The Labute approximate surface area is 106 Å². The Morgan fingerprint density at radius 3 is 2.41 bits per heavy atom. The van der Waals surface area contributed by atoms with E-state index in [2.05, 4.69) is 44.8 Å². The fourth-order valence-corrected chi connectivity index (χ4v) is 2.31. The second kappa shape index (κ2) is 5.03. The lowest BCUT2D eigenvalue weighted by molar-refractivity contribution is 0.234. The first-order valence-electron chi connectivity index (χ1n) is 5.83. The number of nitrogens with zero attached hydrogens (tertiary/aromatic N) is 1. The average molecular weight is 247 g/mol. The van der Waals surface area contributed by atoms with Gasteiger partial charge in [-0.25, -0.2) is 0 Å². The predicted octanol–water partition coefficient (Wildman–Crippen LogP) is 3.78. The highest BCUT2D eigenvalue weighted by Crippen LogP contribution is 2.39. The SMILES string of the molecule is C#CC(O[Si](C)(C)C(C)(C)C)c1ccccn1. The molecule has 0 saturated carbocycles. The van der Waals surface area contributed by atoms with Crippen molar-refractivity contribution in [1.82, 2.24) is 4.98 Å². The van der Waals surface area contributed by atoms with E-state index in [9.17, 15) is 0 Å². The molecule has 1 rings (SSSR count). The lowest BCUT2D eigenvalue weighted by atomic mass is 10.2. The zero-order valence-electron chi connectivity index (χ0n) is 11.3. The molecule has 1 heterocycles. The Bertz CT molecular complexity index is 400. The van der Waals surface area contributed by atoms with Crippen LogP contribution in [0.2, 0.25) is 18.1 Å². The van der Waals surface area contributed by atoms with Crippen LogP contribution in [0.1, 0.15) is 32.6 Å². The third kappa shape index (κ3) is 3.42. The van der Waals surface area contributed by atoms with Gasteiger partial charge in [0.15, 0.2) is 8.32 Å². The van der Waals surface area contributed by atoms with Crippen LogP contribution in [0, 0.1) is 12.3 Å². The van der Waals surface area contributed by atoms with Gasteiger partial charge < -0.3 is 4.43 Å². The van der Waals surface area contributed by atoms with Crippen molar-refractivity contribution >= 4 is 8.32 Å². The third-order valence-corrected chi connectivity index (χ3v) is 7.76. The quantitative estimate of drug-likeness (QED) is 0.599. The molecule has 17 heavy (non-hydrogen) atoms. The Morgan fingerprint density at radius 1 is 1.35 bits per heavy atom. The molecule has 0 spiro atoms. The summed E-state index contributed by atoms with van der Waals surface area (Å²) in [5.74, 6) is 2.70. The van der Waals surface area contributed by atoms with E-state index in [-0.39, 0.29) is 11.1 Å². The molecule has 0 aliphatic heterocycles. The summed E-state index contributed by atoms with van der Waals surface area (Å²) in [6, 6.07) is 5.72. The van der Waals surface area contributed by atoms with Gasteiger partial charge >= 0.3 is 0 Å². The Kier molecular flexibility index (Phi) is 4.13. The minimum Gasteiger partial charge on any atom is -0.398 e. The molecule has 0 aliphatic carbocycles. The fraction of sp³-hybridized carbons (Fsp3) is 0.500. The zero-order valence-corrected chi connectivity index (χ0v) is 12.3. The normalized spacial score (nSPS) is 14.1. The van der Waals surface area contributed by atoms with E-state index in [0.29, 0.717) is 0 Å². The number of hydrogen-bond donors (Lipinski definition) is 0. The lowest BCUT2D eigenvalue weighted by Gasteiger charge is -2.37. The van der Waals surface area contributed by atoms with Gasteiger partial charge in [-0.1, -0.05) is 32.8 Å². The van der Waals surface area contributed by atoms with Crippen molar-refractivity contribution in [2.24, 2.45) is 0 Å². The van der Waals surface area contributed by atoms with Crippen molar-refractivity contribution in [3.05, 3.63) is 30.1 Å².